The zero-order valence-electron chi connectivity index (χ0n) is 19.6. The Hall–Kier alpha value is -4.08. The Morgan fingerprint density at radius 3 is 2.37 bits per heavy atom. The molecule has 0 fully saturated rings. The molecule has 0 unspecified atom stereocenters. The van der Waals surface area contributed by atoms with Gasteiger partial charge < -0.3 is 5.32 Å². The molecule has 178 valence electrons. The van der Waals surface area contributed by atoms with Gasteiger partial charge in [-0.2, -0.15) is 10.1 Å². The van der Waals surface area contributed by atoms with E-state index in [1.807, 2.05) is 62.4 Å². The lowest BCUT2D eigenvalue weighted by molar-refractivity contribution is 0.588. The molecule has 1 heterocycles. The molecule has 0 spiro atoms. The van der Waals surface area contributed by atoms with Crippen LogP contribution in [0.25, 0.3) is 11.1 Å². The van der Waals surface area contributed by atoms with Crippen molar-refractivity contribution in [2.24, 2.45) is 5.10 Å². The van der Waals surface area contributed by atoms with E-state index in [4.69, 9.17) is 0 Å². The summed E-state index contributed by atoms with van der Waals surface area (Å²) in [7, 11) is -2.11. The highest BCUT2D eigenvalue weighted by atomic mass is 32.2. The molecular formula is C26H26N6O2S. The fraction of sp³-hybridized carbons (Fsp3) is 0.115. The van der Waals surface area contributed by atoms with Crippen molar-refractivity contribution in [1.29, 1.82) is 0 Å². The van der Waals surface area contributed by atoms with Gasteiger partial charge in [-0.15, -0.1) is 0 Å². The highest BCUT2D eigenvalue weighted by Crippen LogP contribution is 2.28. The summed E-state index contributed by atoms with van der Waals surface area (Å²) < 4.78 is 26.3. The predicted octanol–water partition coefficient (Wildman–Crippen LogP) is 4.94. The van der Waals surface area contributed by atoms with E-state index in [1.165, 1.54) is 7.05 Å². The van der Waals surface area contributed by atoms with Crippen LogP contribution in [0.15, 0.2) is 95.1 Å². The van der Waals surface area contributed by atoms with Crippen molar-refractivity contribution in [2.45, 2.75) is 18.7 Å². The fourth-order valence-corrected chi connectivity index (χ4v) is 4.13. The lowest BCUT2D eigenvalue weighted by atomic mass is 10.1. The van der Waals surface area contributed by atoms with Crippen LogP contribution >= 0.6 is 0 Å². The van der Waals surface area contributed by atoms with Gasteiger partial charge in [0.05, 0.1) is 10.6 Å². The van der Waals surface area contributed by atoms with Crippen LogP contribution in [0.1, 0.15) is 18.1 Å². The van der Waals surface area contributed by atoms with Gasteiger partial charge in [0.1, 0.15) is 0 Å². The maximum atomic E-state index is 12.0. The Bertz CT molecular complexity index is 1450. The summed E-state index contributed by atoms with van der Waals surface area (Å²) in [6, 6.07) is 24.3. The summed E-state index contributed by atoms with van der Waals surface area (Å²) in [6.45, 7) is 3.87. The quantitative estimate of drug-likeness (QED) is 0.240. The van der Waals surface area contributed by atoms with Crippen LogP contribution in [0, 0.1) is 6.92 Å². The second-order valence-corrected chi connectivity index (χ2v) is 9.74. The molecule has 0 radical (unpaired) electrons. The van der Waals surface area contributed by atoms with E-state index in [2.05, 4.69) is 36.6 Å². The van der Waals surface area contributed by atoms with Crippen LogP contribution in [-0.4, -0.2) is 31.1 Å². The van der Waals surface area contributed by atoms with E-state index in [0.29, 0.717) is 17.5 Å². The third-order valence-electron chi connectivity index (χ3n) is 5.33. The smallest absolute Gasteiger partial charge is 0.240 e. The van der Waals surface area contributed by atoms with Crippen molar-refractivity contribution in [1.82, 2.24) is 14.7 Å². The van der Waals surface area contributed by atoms with E-state index in [-0.39, 0.29) is 4.90 Å². The normalized spacial score (nSPS) is 11.8. The Balaban J connectivity index is 1.65. The summed E-state index contributed by atoms with van der Waals surface area (Å²) in [6.07, 6.45) is 1.76. The molecule has 0 aliphatic heterocycles. The SMILES string of the molecule is CNS(=O)(=O)c1ccc(C(C)=NNc2nc(Nc3ccccc3)ncc2-c2cccc(C)c2)cc1. The molecule has 35 heavy (non-hydrogen) atoms. The van der Waals surface area contributed by atoms with Gasteiger partial charge in [-0.05, 0) is 56.3 Å². The number of nitrogens with one attached hydrogen (secondary N) is 3. The first-order chi connectivity index (χ1) is 16.9. The fourth-order valence-electron chi connectivity index (χ4n) is 3.40. The van der Waals surface area contributed by atoms with Crippen molar-refractivity contribution >= 4 is 33.2 Å². The monoisotopic (exact) mass is 486 g/mol. The molecule has 4 aromatic rings. The highest BCUT2D eigenvalue weighted by Gasteiger charge is 2.12. The molecule has 9 heteroatoms. The van der Waals surface area contributed by atoms with Gasteiger partial charge in [-0.3, -0.25) is 5.43 Å². The third-order valence-corrected chi connectivity index (χ3v) is 6.76. The standard InChI is InChI=1S/C26H26N6O2S/c1-18-8-7-9-21(16-18)24-17-28-26(29-22-10-5-4-6-11-22)30-25(24)32-31-19(2)20-12-14-23(15-13-20)35(33,34)27-3/h4-17,27H,1-3H3,(H2,28,29,30,32). The van der Waals surface area contributed by atoms with E-state index >= 15 is 0 Å². The molecule has 0 aliphatic rings. The molecule has 0 bridgehead atoms. The molecule has 0 amide bonds. The molecular weight excluding hydrogens is 460 g/mol. The van der Waals surface area contributed by atoms with Crippen LogP contribution < -0.4 is 15.5 Å². The Morgan fingerprint density at radius 1 is 0.943 bits per heavy atom. The molecule has 8 nitrogen and oxygen atoms in total. The number of nitrogens with zero attached hydrogens (tertiary/aromatic N) is 3. The molecule has 0 saturated carbocycles. The second-order valence-electron chi connectivity index (χ2n) is 7.86. The minimum Gasteiger partial charge on any atom is -0.324 e. The van der Waals surface area contributed by atoms with Crippen molar-refractivity contribution in [3.63, 3.8) is 0 Å². The number of hydrogen-bond acceptors (Lipinski definition) is 7. The first-order valence-corrected chi connectivity index (χ1v) is 12.4. The lowest BCUT2D eigenvalue weighted by Gasteiger charge is -2.12. The summed E-state index contributed by atoms with van der Waals surface area (Å²) >= 11 is 0. The van der Waals surface area contributed by atoms with Crippen LogP contribution in [0.3, 0.4) is 0 Å². The first-order valence-electron chi connectivity index (χ1n) is 11.0. The predicted molar refractivity (Wildman–Crippen MR) is 140 cm³/mol. The summed E-state index contributed by atoms with van der Waals surface area (Å²) in [5, 5.41) is 7.72. The Morgan fingerprint density at radius 2 is 1.69 bits per heavy atom. The van der Waals surface area contributed by atoms with Gasteiger partial charge in [0, 0.05) is 17.4 Å². The van der Waals surface area contributed by atoms with E-state index in [9.17, 15) is 8.42 Å². The number of aromatic nitrogens is 2. The number of aryl methyl sites for hydroxylation is 1. The van der Waals surface area contributed by atoms with E-state index < -0.39 is 10.0 Å². The van der Waals surface area contributed by atoms with E-state index in [1.54, 1.807) is 30.5 Å². The number of rotatable bonds is 8. The average molecular weight is 487 g/mol. The molecule has 3 aromatic carbocycles. The molecule has 1 aromatic heterocycles. The Labute approximate surface area is 205 Å². The van der Waals surface area contributed by atoms with Gasteiger partial charge in [0.25, 0.3) is 0 Å². The molecule has 0 saturated heterocycles. The number of hydrazone groups is 1. The van der Waals surface area contributed by atoms with Crippen LogP contribution in [0.5, 0.6) is 0 Å². The van der Waals surface area contributed by atoms with Crippen LogP contribution in [-0.2, 0) is 10.0 Å². The van der Waals surface area contributed by atoms with Crippen molar-refractivity contribution in [3.8, 4) is 11.1 Å². The number of benzene rings is 3. The zero-order chi connectivity index (χ0) is 24.8. The maximum Gasteiger partial charge on any atom is 0.240 e. The number of sulfonamides is 1. The largest absolute Gasteiger partial charge is 0.324 e. The number of hydrogen-bond donors (Lipinski definition) is 3. The first kappa shape index (κ1) is 24.1. The third kappa shape index (κ3) is 5.89. The highest BCUT2D eigenvalue weighted by molar-refractivity contribution is 7.89. The molecule has 0 aliphatic carbocycles. The molecule has 0 atom stereocenters. The average Bonchev–Trinajstić information content (AvgIpc) is 2.88. The van der Waals surface area contributed by atoms with Crippen molar-refractivity contribution in [2.75, 3.05) is 17.8 Å². The van der Waals surface area contributed by atoms with Crippen LogP contribution in [0.2, 0.25) is 0 Å². The zero-order valence-corrected chi connectivity index (χ0v) is 20.5. The van der Waals surface area contributed by atoms with E-state index in [0.717, 1.165) is 27.9 Å². The Kier molecular flexibility index (Phi) is 7.19. The lowest BCUT2D eigenvalue weighted by Crippen LogP contribution is -2.18. The number of para-hydroxylation sites is 1. The van der Waals surface area contributed by atoms with Crippen LogP contribution in [0.4, 0.5) is 17.5 Å². The molecule has 4 rings (SSSR count). The van der Waals surface area contributed by atoms with Crippen molar-refractivity contribution in [3.05, 3.63) is 96.2 Å². The maximum absolute atomic E-state index is 12.0. The van der Waals surface area contributed by atoms with Gasteiger partial charge in [-0.1, -0.05) is 60.2 Å². The summed E-state index contributed by atoms with van der Waals surface area (Å²) in [4.78, 5) is 9.36. The van der Waals surface area contributed by atoms with Gasteiger partial charge in [0.15, 0.2) is 5.82 Å². The topological polar surface area (TPSA) is 108 Å². The second kappa shape index (κ2) is 10.5. The summed E-state index contributed by atoms with van der Waals surface area (Å²) in [5.74, 6) is 0.974. The van der Waals surface area contributed by atoms with Gasteiger partial charge in [-0.25, -0.2) is 18.1 Å². The number of anilines is 3. The summed E-state index contributed by atoms with van der Waals surface area (Å²) in [5.41, 5.74) is 8.29. The minimum absolute atomic E-state index is 0.193. The molecule has 3 N–H and O–H groups in total. The minimum atomic E-state index is -3.50. The van der Waals surface area contributed by atoms with Crippen molar-refractivity contribution < 1.29 is 8.42 Å². The van der Waals surface area contributed by atoms with Gasteiger partial charge in [0.2, 0.25) is 16.0 Å². The van der Waals surface area contributed by atoms with Gasteiger partial charge >= 0.3 is 0 Å².